The van der Waals surface area contributed by atoms with Gasteiger partial charge in [-0.3, -0.25) is 10.2 Å². The van der Waals surface area contributed by atoms with E-state index in [0.717, 1.165) is 6.42 Å². The molecule has 1 aliphatic heterocycles. The Morgan fingerprint density at radius 1 is 1.35 bits per heavy atom. The molecule has 0 spiro atoms. The molecule has 5 N–H and O–H groups in total. The molecule has 2 aliphatic rings. The zero-order valence-corrected chi connectivity index (χ0v) is 13.8. The summed E-state index contributed by atoms with van der Waals surface area (Å²) < 4.78 is 22.8. The number of amides is 1. The van der Waals surface area contributed by atoms with E-state index < -0.39 is 10.0 Å². The van der Waals surface area contributed by atoms with Crippen LogP contribution in [0.2, 0.25) is 0 Å². The van der Waals surface area contributed by atoms with E-state index in [1.807, 2.05) is 6.92 Å². The fourth-order valence-electron chi connectivity index (χ4n) is 2.92. The summed E-state index contributed by atoms with van der Waals surface area (Å²) in [6, 6.07) is 6.13. The van der Waals surface area contributed by atoms with Crippen molar-refractivity contribution in [3.05, 3.63) is 29.8 Å². The second kappa shape index (κ2) is 6.20. The van der Waals surface area contributed by atoms with Crippen LogP contribution in [0.15, 0.2) is 29.2 Å². The standard InChI is InChI=1S/C15H22N4O3S/c1-9(11-3-2-4-12(7-11)23(16,21)22)17-15(20)14-8-13(18-19-14)10-5-6-10/h2-4,7,9-10,13-14,18-19H,5-6,8H2,1H3,(H,17,20)(H2,16,21,22). The van der Waals surface area contributed by atoms with Crippen molar-refractivity contribution >= 4 is 15.9 Å². The van der Waals surface area contributed by atoms with Gasteiger partial charge in [0, 0.05) is 6.04 Å². The summed E-state index contributed by atoms with van der Waals surface area (Å²) in [7, 11) is -3.75. The van der Waals surface area contributed by atoms with Gasteiger partial charge in [-0.2, -0.15) is 0 Å². The predicted octanol–water partition coefficient (Wildman–Crippen LogP) is 0.156. The van der Waals surface area contributed by atoms with Gasteiger partial charge in [0.25, 0.3) is 0 Å². The maximum Gasteiger partial charge on any atom is 0.239 e. The van der Waals surface area contributed by atoms with E-state index in [4.69, 9.17) is 5.14 Å². The summed E-state index contributed by atoms with van der Waals surface area (Å²) in [6.45, 7) is 1.82. The number of rotatable bonds is 5. The monoisotopic (exact) mass is 338 g/mol. The largest absolute Gasteiger partial charge is 0.348 e. The van der Waals surface area contributed by atoms with Crippen LogP contribution in [0.5, 0.6) is 0 Å². The summed E-state index contributed by atoms with van der Waals surface area (Å²) >= 11 is 0. The number of hydrazine groups is 1. The minimum atomic E-state index is -3.75. The SMILES string of the molecule is CC(NC(=O)C1CC(C2CC2)NN1)c1cccc(S(N)(=O)=O)c1. The molecule has 0 radical (unpaired) electrons. The number of nitrogens with two attached hydrogens (primary N) is 1. The van der Waals surface area contributed by atoms with Crippen molar-refractivity contribution < 1.29 is 13.2 Å². The Labute approximate surface area is 136 Å². The van der Waals surface area contributed by atoms with Crippen molar-refractivity contribution in [3.63, 3.8) is 0 Å². The maximum absolute atomic E-state index is 12.3. The van der Waals surface area contributed by atoms with Gasteiger partial charge in [-0.25, -0.2) is 19.0 Å². The van der Waals surface area contributed by atoms with Crippen LogP contribution in [0.3, 0.4) is 0 Å². The molecule has 0 bridgehead atoms. The Hall–Kier alpha value is -1.48. The van der Waals surface area contributed by atoms with Crippen LogP contribution < -0.4 is 21.3 Å². The van der Waals surface area contributed by atoms with Crippen LogP contribution in [0.1, 0.15) is 37.8 Å². The van der Waals surface area contributed by atoms with Gasteiger partial charge < -0.3 is 5.32 Å². The molecule has 3 unspecified atom stereocenters. The summed E-state index contributed by atoms with van der Waals surface area (Å²) in [5.74, 6) is 0.596. The van der Waals surface area contributed by atoms with Crippen molar-refractivity contribution in [2.45, 2.75) is 49.2 Å². The molecule has 3 atom stereocenters. The van der Waals surface area contributed by atoms with Crippen LogP contribution in [0.4, 0.5) is 0 Å². The van der Waals surface area contributed by atoms with Gasteiger partial charge in [0.2, 0.25) is 15.9 Å². The molecule has 1 amide bonds. The lowest BCUT2D eigenvalue weighted by Gasteiger charge is -2.18. The number of hydrogen-bond acceptors (Lipinski definition) is 5. The highest BCUT2D eigenvalue weighted by atomic mass is 32.2. The molecule has 1 saturated heterocycles. The van der Waals surface area contributed by atoms with Crippen molar-refractivity contribution in [1.82, 2.24) is 16.2 Å². The first-order valence-electron chi connectivity index (χ1n) is 7.79. The second-order valence-corrected chi connectivity index (χ2v) is 7.93. The third kappa shape index (κ3) is 3.89. The zero-order chi connectivity index (χ0) is 16.6. The smallest absolute Gasteiger partial charge is 0.239 e. The Balaban J connectivity index is 1.62. The number of carbonyl (C=O) groups is 1. The summed E-state index contributed by atoms with van der Waals surface area (Å²) in [5.41, 5.74) is 6.93. The lowest BCUT2D eigenvalue weighted by atomic mass is 10.0. The molecule has 2 fully saturated rings. The topological polar surface area (TPSA) is 113 Å². The molecule has 3 rings (SSSR count). The van der Waals surface area contributed by atoms with E-state index in [0.29, 0.717) is 17.5 Å². The Kier molecular flexibility index (Phi) is 4.41. The molecule has 23 heavy (non-hydrogen) atoms. The van der Waals surface area contributed by atoms with E-state index in [9.17, 15) is 13.2 Å². The summed E-state index contributed by atoms with van der Waals surface area (Å²) in [6.07, 6.45) is 3.23. The Morgan fingerprint density at radius 2 is 2.09 bits per heavy atom. The normalized spacial score (nSPS) is 26.0. The summed E-state index contributed by atoms with van der Waals surface area (Å²) in [5, 5.41) is 8.06. The second-order valence-electron chi connectivity index (χ2n) is 6.37. The minimum Gasteiger partial charge on any atom is -0.348 e. The molecular formula is C15H22N4O3S. The summed E-state index contributed by atoms with van der Waals surface area (Å²) in [4.78, 5) is 12.4. The van der Waals surface area contributed by atoms with Crippen molar-refractivity contribution in [3.8, 4) is 0 Å². The number of hydrogen-bond donors (Lipinski definition) is 4. The average Bonchev–Trinajstić information content (AvgIpc) is 3.23. The fraction of sp³-hybridized carbons (Fsp3) is 0.533. The molecule has 1 heterocycles. The molecule has 1 aromatic carbocycles. The average molecular weight is 338 g/mol. The van der Waals surface area contributed by atoms with Gasteiger partial charge in [-0.05, 0) is 49.8 Å². The first kappa shape index (κ1) is 16.4. The number of benzene rings is 1. The third-order valence-electron chi connectivity index (χ3n) is 4.49. The Bertz CT molecular complexity index is 702. The van der Waals surface area contributed by atoms with Crippen LogP contribution in [0.25, 0.3) is 0 Å². The molecular weight excluding hydrogens is 316 g/mol. The van der Waals surface area contributed by atoms with Crippen molar-refractivity contribution in [2.75, 3.05) is 0 Å². The van der Waals surface area contributed by atoms with E-state index >= 15 is 0 Å². The van der Waals surface area contributed by atoms with Crippen LogP contribution >= 0.6 is 0 Å². The van der Waals surface area contributed by atoms with Crippen molar-refractivity contribution in [2.24, 2.45) is 11.1 Å². The predicted molar refractivity (Wildman–Crippen MR) is 85.6 cm³/mol. The minimum absolute atomic E-state index is 0.0468. The molecule has 7 nitrogen and oxygen atoms in total. The lowest BCUT2D eigenvalue weighted by Crippen LogP contribution is -2.44. The maximum atomic E-state index is 12.3. The lowest BCUT2D eigenvalue weighted by molar-refractivity contribution is -0.123. The van der Waals surface area contributed by atoms with E-state index in [-0.39, 0.29) is 22.9 Å². The van der Waals surface area contributed by atoms with Crippen LogP contribution in [-0.2, 0) is 14.8 Å². The van der Waals surface area contributed by atoms with E-state index in [2.05, 4.69) is 16.2 Å². The molecule has 8 heteroatoms. The van der Waals surface area contributed by atoms with Crippen molar-refractivity contribution in [1.29, 1.82) is 0 Å². The molecule has 1 saturated carbocycles. The van der Waals surface area contributed by atoms with Gasteiger partial charge in [0.15, 0.2) is 0 Å². The van der Waals surface area contributed by atoms with Crippen LogP contribution in [0, 0.1) is 5.92 Å². The highest BCUT2D eigenvalue weighted by Crippen LogP contribution is 2.35. The highest BCUT2D eigenvalue weighted by Gasteiger charge is 2.38. The van der Waals surface area contributed by atoms with E-state index in [1.54, 1.807) is 12.1 Å². The number of carbonyl (C=O) groups excluding carboxylic acids is 1. The first-order chi connectivity index (χ1) is 10.8. The number of sulfonamides is 1. The van der Waals surface area contributed by atoms with Gasteiger partial charge in [0.05, 0.1) is 10.9 Å². The third-order valence-corrected chi connectivity index (χ3v) is 5.40. The van der Waals surface area contributed by atoms with Gasteiger partial charge in [0.1, 0.15) is 6.04 Å². The van der Waals surface area contributed by atoms with Crippen LogP contribution in [-0.4, -0.2) is 26.4 Å². The quantitative estimate of drug-likeness (QED) is 0.611. The molecule has 1 aliphatic carbocycles. The van der Waals surface area contributed by atoms with Gasteiger partial charge in [-0.15, -0.1) is 0 Å². The van der Waals surface area contributed by atoms with Gasteiger partial charge >= 0.3 is 0 Å². The Morgan fingerprint density at radius 3 is 2.74 bits per heavy atom. The highest BCUT2D eigenvalue weighted by molar-refractivity contribution is 7.89. The first-order valence-corrected chi connectivity index (χ1v) is 9.33. The molecule has 1 aromatic rings. The fourth-order valence-corrected chi connectivity index (χ4v) is 3.49. The zero-order valence-electron chi connectivity index (χ0n) is 13.0. The molecule has 0 aromatic heterocycles. The number of primary sulfonamides is 1. The van der Waals surface area contributed by atoms with Gasteiger partial charge in [-0.1, -0.05) is 12.1 Å². The number of nitrogens with one attached hydrogen (secondary N) is 3. The van der Waals surface area contributed by atoms with E-state index in [1.165, 1.54) is 25.0 Å². The molecule has 126 valence electrons.